The molecule has 3 aromatic rings. The van der Waals surface area contributed by atoms with Crippen molar-refractivity contribution in [2.24, 2.45) is 13.0 Å². The van der Waals surface area contributed by atoms with Crippen molar-refractivity contribution in [3.8, 4) is 11.4 Å². The average molecular weight is 419 g/mol. The first kappa shape index (κ1) is 19.5. The molecule has 160 valence electrons. The Labute approximate surface area is 180 Å². The van der Waals surface area contributed by atoms with Crippen LogP contribution in [0, 0.1) is 5.92 Å². The summed E-state index contributed by atoms with van der Waals surface area (Å²) in [5.74, 6) is 2.60. The maximum absolute atomic E-state index is 12.4. The van der Waals surface area contributed by atoms with Gasteiger partial charge in [-0.15, -0.1) is 0 Å². The number of pyridine rings is 1. The zero-order valence-electron chi connectivity index (χ0n) is 17.4. The molecule has 1 aliphatic heterocycles. The van der Waals surface area contributed by atoms with Crippen molar-refractivity contribution in [2.45, 2.75) is 31.3 Å². The van der Waals surface area contributed by atoms with Crippen LogP contribution in [-0.4, -0.2) is 49.3 Å². The normalized spacial score (nSPS) is 23.2. The van der Waals surface area contributed by atoms with Gasteiger partial charge in [0.2, 0.25) is 5.95 Å². The van der Waals surface area contributed by atoms with Crippen molar-refractivity contribution in [2.75, 3.05) is 23.3 Å². The molecule has 4 heterocycles. The van der Waals surface area contributed by atoms with E-state index in [1.807, 2.05) is 36.0 Å². The van der Waals surface area contributed by atoms with Gasteiger partial charge in [0.25, 0.3) is 0 Å². The summed E-state index contributed by atoms with van der Waals surface area (Å²) in [7, 11) is 1.95. The number of nitrogens with zero attached hydrogens (tertiary/aromatic N) is 6. The molecule has 5 rings (SSSR count). The number of nitrogens with one attached hydrogen (secondary N) is 1. The standard InChI is InChI=1S/C22H25N7O2/c1-28-11-10-24-19(28)17-13-26-20(27-14-17)25-12-16-5-7-22(8-6-16)15-29(21(30)31-22)18-4-2-3-9-23-18/h2-4,9-11,13-14,16H,5-8,12,15H2,1H3,(H,25,26,27). The van der Waals surface area contributed by atoms with E-state index < -0.39 is 5.60 Å². The topological polar surface area (TPSA) is 98.1 Å². The number of hydrogen-bond donors (Lipinski definition) is 1. The van der Waals surface area contributed by atoms with Crippen molar-refractivity contribution in [1.82, 2.24) is 24.5 Å². The molecular formula is C22H25N7O2. The molecule has 0 unspecified atom stereocenters. The lowest BCUT2D eigenvalue weighted by Gasteiger charge is -2.35. The Morgan fingerprint density at radius 3 is 2.61 bits per heavy atom. The molecule has 1 saturated carbocycles. The van der Waals surface area contributed by atoms with E-state index in [0.717, 1.165) is 43.6 Å². The Balaban J connectivity index is 1.14. The van der Waals surface area contributed by atoms with Crippen molar-refractivity contribution < 1.29 is 9.53 Å². The number of carbonyl (C=O) groups excluding carboxylic acids is 1. The van der Waals surface area contributed by atoms with E-state index >= 15 is 0 Å². The summed E-state index contributed by atoms with van der Waals surface area (Å²) in [4.78, 5) is 31.5. The number of hydrogen-bond acceptors (Lipinski definition) is 7. The van der Waals surface area contributed by atoms with Gasteiger partial charge >= 0.3 is 6.09 Å². The lowest BCUT2D eigenvalue weighted by Crippen LogP contribution is -2.39. The maximum Gasteiger partial charge on any atom is 0.416 e. The number of carbonyl (C=O) groups is 1. The van der Waals surface area contributed by atoms with Crippen LogP contribution in [0.5, 0.6) is 0 Å². The number of ether oxygens (including phenoxy) is 1. The van der Waals surface area contributed by atoms with Gasteiger partial charge in [0.05, 0.1) is 12.1 Å². The summed E-state index contributed by atoms with van der Waals surface area (Å²) < 4.78 is 7.76. The first-order chi connectivity index (χ1) is 15.1. The Bertz CT molecular complexity index is 1040. The predicted octanol–water partition coefficient (Wildman–Crippen LogP) is 3.27. The predicted molar refractivity (Wildman–Crippen MR) is 115 cm³/mol. The Hall–Kier alpha value is -3.49. The number of amides is 1. The second-order valence-electron chi connectivity index (χ2n) is 8.31. The van der Waals surface area contributed by atoms with Gasteiger partial charge in [0.15, 0.2) is 0 Å². The lowest BCUT2D eigenvalue weighted by molar-refractivity contribution is 0.0148. The van der Waals surface area contributed by atoms with Crippen LogP contribution in [0.15, 0.2) is 49.2 Å². The third-order valence-corrected chi connectivity index (χ3v) is 6.19. The molecule has 2 fully saturated rings. The van der Waals surface area contributed by atoms with Crippen molar-refractivity contribution in [3.63, 3.8) is 0 Å². The van der Waals surface area contributed by atoms with Crippen LogP contribution < -0.4 is 10.2 Å². The van der Waals surface area contributed by atoms with Gasteiger partial charge in [-0.2, -0.15) is 0 Å². The van der Waals surface area contributed by atoms with Gasteiger partial charge in [-0.1, -0.05) is 6.07 Å². The number of anilines is 2. The fraction of sp³-hybridized carbons (Fsp3) is 0.409. The SMILES string of the molecule is Cn1ccnc1-c1cnc(NCC2CCC3(CC2)CN(c2ccccn2)C(=O)O3)nc1. The summed E-state index contributed by atoms with van der Waals surface area (Å²) in [6.45, 7) is 1.37. The van der Waals surface area contributed by atoms with Crippen LogP contribution in [0.2, 0.25) is 0 Å². The van der Waals surface area contributed by atoms with Crippen molar-refractivity contribution >= 4 is 17.9 Å². The molecule has 1 aliphatic carbocycles. The van der Waals surface area contributed by atoms with E-state index in [1.165, 1.54) is 0 Å². The summed E-state index contributed by atoms with van der Waals surface area (Å²) in [5.41, 5.74) is 0.490. The molecule has 1 N–H and O–H groups in total. The van der Waals surface area contributed by atoms with Crippen LogP contribution in [0.3, 0.4) is 0 Å². The molecule has 1 amide bonds. The monoisotopic (exact) mass is 419 g/mol. The molecular weight excluding hydrogens is 394 g/mol. The van der Waals surface area contributed by atoms with E-state index in [2.05, 4.69) is 25.3 Å². The van der Waals surface area contributed by atoms with Gasteiger partial charge in [0.1, 0.15) is 17.2 Å². The van der Waals surface area contributed by atoms with Crippen LogP contribution in [0.1, 0.15) is 25.7 Å². The highest BCUT2D eigenvalue weighted by atomic mass is 16.6. The quantitative estimate of drug-likeness (QED) is 0.678. The molecule has 31 heavy (non-hydrogen) atoms. The number of rotatable bonds is 5. The van der Waals surface area contributed by atoms with Crippen molar-refractivity contribution in [3.05, 3.63) is 49.2 Å². The van der Waals surface area contributed by atoms with Crippen LogP contribution in [0.25, 0.3) is 11.4 Å². The van der Waals surface area contributed by atoms with Crippen LogP contribution in [-0.2, 0) is 11.8 Å². The highest BCUT2D eigenvalue weighted by Gasteiger charge is 2.47. The molecule has 2 aliphatic rings. The average Bonchev–Trinajstić information content (AvgIpc) is 3.37. The zero-order chi connectivity index (χ0) is 21.3. The summed E-state index contributed by atoms with van der Waals surface area (Å²) >= 11 is 0. The Morgan fingerprint density at radius 2 is 1.94 bits per heavy atom. The van der Waals surface area contributed by atoms with Crippen LogP contribution >= 0.6 is 0 Å². The molecule has 0 atom stereocenters. The summed E-state index contributed by atoms with van der Waals surface area (Å²) in [6, 6.07) is 5.57. The van der Waals surface area contributed by atoms with Crippen LogP contribution in [0.4, 0.5) is 16.6 Å². The molecule has 9 heteroatoms. The maximum atomic E-state index is 12.4. The molecule has 1 spiro atoms. The third-order valence-electron chi connectivity index (χ3n) is 6.19. The van der Waals surface area contributed by atoms with E-state index in [0.29, 0.717) is 24.2 Å². The second kappa shape index (κ2) is 7.98. The molecule has 0 radical (unpaired) electrons. The van der Waals surface area contributed by atoms with Gasteiger partial charge in [0, 0.05) is 44.6 Å². The highest BCUT2D eigenvalue weighted by molar-refractivity contribution is 5.89. The van der Waals surface area contributed by atoms with Crippen molar-refractivity contribution in [1.29, 1.82) is 0 Å². The van der Waals surface area contributed by atoms with Gasteiger partial charge < -0.3 is 14.6 Å². The van der Waals surface area contributed by atoms with Gasteiger partial charge in [-0.25, -0.2) is 24.7 Å². The fourth-order valence-electron chi connectivity index (χ4n) is 4.40. The first-order valence-electron chi connectivity index (χ1n) is 10.6. The largest absolute Gasteiger partial charge is 0.441 e. The zero-order valence-corrected chi connectivity index (χ0v) is 17.4. The minimum Gasteiger partial charge on any atom is -0.441 e. The summed E-state index contributed by atoms with van der Waals surface area (Å²) in [5, 5.41) is 3.35. The highest BCUT2D eigenvalue weighted by Crippen LogP contribution is 2.40. The first-order valence-corrected chi connectivity index (χ1v) is 10.6. The number of aromatic nitrogens is 5. The van der Waals surface area contributed by atoms with E-state index in [4.69, 9.17) is 4.74 Å². The molecule has 0 aromatic carbocycles. The smallest absolute Gasteiger partial charge is 0.416 e. The van der Waals surface area contributed by atoms with Gasteiger partial charge in [-0.05, 0) is 43.7 Å². The Kier molecular flexibility index (Phi) is 5.01. The third kappa shape index (κ3) is 3.95. The second-order valence-corrected chi connectivity index (χ2v) is 8.31. The molecule has 3 aromatic heterocycles. The minimum absolute atomic E-state index is 0.295. The summed E-state index contributed by atoms with van der Waals surface area (Å²) in [6.07, 6.45) is 12.3. The number of imidazole rings is 1. The van der Waals surface area contributed by atoms with E-state index in [-0.39, 0.29) is 6.09 Å². The van der Waals surface area contributed by atoms with E-state index in [1.54, 1.807) is 29.7 Å². The molecule has 0 bridgehead atoms. The minimum atomic E-state index is -0.397. The Morgan fingerprint density at radius 1 is 1.13 bits per heavy atom. The van der Waals surface area contributed by atoms with Gasteiger partial charge in [-0.3, -0.25) is 4.90 Å². The molecule has 9 nitrogen and oxygen atoms in total. The molecule has 1 saturated heterocycles. The van der Waals surface area contributed by atoms with E-state index in [9.17, 15) is 4.79 Å². The number of aryl methyl sites for hydroxylation is 1. The lowest BCUT2D eigenvalue weighted by atomic mass is 9.78. The fourth-order valence-corrected chi connectivity index (χ4v) is 4.40.